The van der Waals surface area contributed by atoms with Gasteiger partial charge in [-0.25, -0.2) is 4.57 Å². The van der Waals surface area contributed by atoms with E-state index in [-0.39, 0.29) is 5.75 Å². The summed E-state index contributed by atoms with van der Waals surface area (Å²) in [5, 5.41) is 0. The molecule has 0 aromatic heterocycles. The molecule has 0 aliphatic rings. The normalized spacial score (nSPS) is 11.4. The van der Waals surface area contributed by atoms with E-state index in [4.69, 9.17) is 4.52 Å². The number of benzene rings is 3. The van der Waals surface area contributed by atoms with Crippen LogP contribution in [0.25, 0.3) is 22.3 Å². The van der Waals surface area contributed by atoms with E-state index in [0.717, 1.165) is 27.8 Å². The molecule has 3 aromatic carbocycles. The molecule has 0 bridgehead atoms. The van der Waals surface area contributed by atoms with Crippen molar-refractivity contribution >= 4 is 7.82 Å². The minimum Gasteiger partial charge on any atom is -0.403 e. The van der Waals surface area contributed by atoms with Crippen LogP contribution in [0, 0.1) is 20.8 Å². The first kappa shape index (κ1) is 18.4. The zero-order valence-electron chi connectivity index (χ0n) is 14.9. The van der Waals surface area contributed by atoms with Crippen LogP contribution in [-0.4, -0.2) is 9.79 Å². The Hall–Kier alpha value is -2.39. The van der Waals surface area contributed by atoms with Gasteiger partial charge < -0.3 is 4.52 Å². The average molecular weight is 368 g/mol. The van der Waals surface area contributed by atoms with Crippen LogP contribution in [0.4, 0.5) is 0 Å². The summed E-state index contributed by atoms with van der Waals surface area (Å²) in [5.41, 5.74) is 6.20. The van der Waals surface area contributed by atoms with Crippen LogP contribution in [0.1, 0.15) is 16.7 Å². The van der Waals surface area contributed by atoms with Crippen molar-refractivity contribution in [1.29, 1.82) is 0 Å². The molecule has 2 N–H and O–H groups in total. The zero-order valence-corrected chi connectivity index (χ0v) is 15.8. The van der Waals surface area contributed by atoms with Crippen molar-refractivity contribution < 1.29 is 18.9 Å². The number of rotatable bonds is 4. The molecule has 3 aromatic rings. The Morgan fingerprint density at radius 1 is 0.692 bits per heavy atom. The van der Waals surface area contributed by atoms with Gasteiger partial charge in [0.15, 0.2) is 0 Å². The van der Waals surface area contributed by atoms with Crippen LogP contribution >= 0.6 is 7.82 Å². The maximum atomic E-state index is 11.6. The number of phosphoric acid groups is 1. The molecule has 0 unspecified atom stereocenters. The Morgan fingerprint density at radius 2 is 1.08 bits per heavy atom. The van der Waals surface area contributed by atoms with E-state index in [2.05, 4.69) is 0 Å². The number of phosphoric ester groups is 1. The van der Waals surface area contributed by atoms with Crippen molar-refractivity contribution in [1.82, 2.24) is 0 Å². The Morgan fingerprint density at radius 3 is 1.42 bits per heavy atom. The van der Waals surface area contributed by atoms with Gasteiger partial charge in [-0.3, -0.25) is 9.79 Å². The van der Waals surface area contributed by atoms with Crippen molar-refractivity contribution in [2.45, 2.75) is 20.8 Å². The van der Waals surface area contributed by atoms with Crippen molar-refractivity contribution in [3.63, 3.8) is 0 Å². The number of hydrogen-bond donors (Lipinski definition) is 2. The minimum absolute atomic E-state index is 0.191. The first-order valence-corrected chi connectivity index (χ1v) is 9.80. The molecule has 0 atom stereocenters. The SMILES string of the molecule is Cc1ccc(-c2cc(C)cc(-c3ccc(C)cc3)c2OP(=O)(O)O)cc1. The maximum absolute atomic E-state index is 11.6. The van der Waals surface area contributed by atoms with Gasteiger partial charge in [-0.1, -0.05) is 59.7 Å². The van der Waals surface area contributed by atoms with Gasteiger partial charge in [0.25, 0.3) is 0 Å². The summed E-state index contributed by atoms with van der Waals surface area (Å²) in [6, 6.07) is 19.3. The Bertz CT molecular complexity index is 903. The van der Waals surface area contributed by atoms with E-state index in [0.29, 0.717) is 11.1 Å². The lowest BCUT2D eigenvalue weighted by Gasteiger charge is -2.18. The third-order valence-electron chi connectivity index (χ3n) is 4.17. The van der Waals surface area contributed by atoms with Crippen LogP contribution in [0.15, 0.2) is 60.7 Å². The van der Waals surface area contributed by atoms with Crippen LogP contribution in [0.5, 0.6) is 5.75 Å². The largest absolute Gasteiger partial charge is 0.524 e. The Kier molecular flexibility index (Phi) is 5.01. The summed E-state index contributed by atoms with van der Waals surface area (Å²) in [6.07, 6.45) is 0. The van der Waals surface area contributed by atoms with Crippen molar-refractivity contribution in [2.24, 2.45) is 0 Å². The van der Waals surface area contributed by atoms with Crippen molar-refractivity contribution in [3.05, 3.63) is 77.4 Å². The highest BCUT2D eigenvalue weighted by Crippen LogP contribution is 2.47. The lowest BCUT2D eigenvalue weighted by molar-refractivity contribution is 0.284. The molecular weight excluding hydrogens is 347 g/mol. The van der Waals surface area contributed by atoms with Crippen molar-refractivity contribution in [3.8, 4) is 28.0 Å². The van der Waals surface area contributed by atoms with Gasteiger partial charge >= 0.3 is 7.82 Å². The van der Waals surface area contributed by atoms with Crippen LogP contribution in [0.2, 0.25) is 0 Å². The van der Waals surface area contributed by atoms with E-state index in [1.165, 1.54) is 0 Å². The number of aryl methyl sites for hydroxylation is 3. The first-order chi connectivity index (χ1) is 12.2. The molecule has 0 heterocycles. The molecule has 0 saturated heterocycles. The standard InChI is InChI=1S/C21H21O4P/c1-14-4-8-17(9-5-14)19-12-16(3)13-20(21(19)25-26(22,23)24)18-10-6-15(2)7-11-18/h4-13H,1-3H3,(H2,22,23,24). The fourth-order valence-electron chi connectivity index (χ4n) is 2.89. The minimum atomic E-state index is -4.72. The summed E-state index contributed by atoms with van der Waals surface area (Å²) in [5.74, 6) is 0.191. The number of hydrogen-bond acceptors (Lipinski definition) is 2. The molecule has 5 heteroatoms. The topological polar surface area (TPSA) is 66.8 Å². The molecule has 3 rings (SSSR count). The van der Waals surface area contributed by atoms with Crippen molar-refractivity contribution in [2.75, 3.05) is 0 Å². The van der Waals surface area contributed by atoms with E-state index >= 15 is 0 Å². The fraction of sp³-hybridized carbons (Fsp3) is 0.143. The Labute approximate surface area is 153 Å². The van der Waals surface area contributed by atoms with E-state index in [1.54, 1.807) is 0 Å². The van der Waals surface area contributed by atoms with Gasteiger partial charge in [0.2, 0.25) is 0 Å². The highest BCUT2D eigenvalue weighted by molar-refractivity contribution is 7.46. The fourth-order valence-corrected chi connectivity index (χ4v) is 3.32. The monoisotopic (exact) mass is 368 g/mol. The average Bonchev–Trinajstić information content (AvgIpc) is 2.56. The van der Waals surface area contributed by atoms with Gasteiger partial charge in [-0.05, 0) is 49.6 Å². The maximum Gasteiger partial charge on any atom is 0.524 e. The molecule has 134 valence electrons. The molecule has 0 radical (unpaired) electrons. The molecule has 0 spiro atoms. The smallest absolute Gasteiger partial charge is 0.403 e. The molecule has 0 aliphatic heterocycles. The van der Waals surface area contributed by atoms with Crippen LogP contribution in [-0.2, 0) is 4.57 Å². The highest BCUT2D eigenvalue weighted by Gasteiger charge is 2.23. The summed E-state index contributed by atoms with van der Waals surface area (Å²) < 4.78 is 16.8. The second kappa shape index (κ2) is 7.08. The predicted octanol–water partition coefficient (Wildman–Crippen LogP) is 5.42. The molecule has 0 amide bonds. The summed E-state index contributed by atoms with van der Waals surface area (Å²) >= 11 is 0. The summed E-state index contributed by atoms with van der Waals surface area (Å²) in [6.45, 7) is 5.94. The van der Waals surface area contributed by atoms with Gasteiger partial charge in [-0.15, -0.1) is 0 Å². The van der Waals surface area contributed by atoms with E-state index < -0.39 is 7.82 Å². The highest BCUT2D eigenvalue weighted by atomic mass is 31.2. The molecule has 0 aliphatic carbocycles. The zero-order chi connectivity index (χ0) is 18.9. The third kappa shape index (κ3) is 4.23. The molecule has 0 saturated carbocycles. The predicted molar refractivity (Wildman–Crippen MR) is 104 cm³/mol. The first-order valence-electron chi connectivity index (χ1n) is 8.27. The second-order valence-electron chi connectivity index (χ2n) is 6.50. The lowest BCUT2D eigenvalue weighted by atomic mass is 9.94. The van der Waals surface area contributed by atoms with E-state index in [1.807, 2.05) is 81.4 Å². The Balaban J connectivity index is 2.27. The lowest BCUT2D eigenvalue weighted by Crippen LogP contribution is -1.97. The molecule has 26 heavy (non-hydrogen) atoms. The quantitative estimate of drug-likeness (QED) is 0.604. The second-order valence-corrected chi connectivity index (χ2v) is 7.67. The third-order valence-corrected chi connectivity index (χ3v) is 4.59. The van der Waals surface area contributed by atoms with Gasteiger partial charge in [0.1, 0.15) is 5.75 Å². The van der Waals surface area contributed by atoms with E-state index in [9.17, 15) is 14.4 Å². The van der Waals surface area contributed by atoms with Crippen LogP contribution in [0.3, 0.4) is 0 Å². The summed E-state index contributed by atoms with van der Waals surface area (Å²) in [7, 11) is -4.72. The van der Waals surface area contributed by atoms with Crippen LogP contribution < -0.4 is 4.52 Å². The molecule has 0 fully saturated rings. The van der Waals surface area contributed by atoms with Gasteiger partial charge in [-0.2, -0.15) is 0 Å². The van der Waals surface area contributed by atoms with Gasteiger partial charge in [0.05, 0.1) is 0 Å². The van der Waals surface area contributed by atoms with Gasteiger partial charge in [0, 0.05) is 11.1 Å². The summed E-state index contributed by atoms with van der Waals surface area (Å²) in [4.78, 5) is 18.9. The molecule has 4 nitrogen and oxygen atoms in total. The molecular formula is C21H21O4P.